The predicted molar refractivity (Wildman–Crippen MR) is 62.2 cm³/mol. The minimum atomic E-state index is -0.603. The Morgan fingerprint density at radius 3 is 2.44 bits per heavy atom. The summed E-state index contributed by atoms with van der Waals surface area (Å²) in [6, 6.07) is 4.86. The SMILES string of the molecule is NNC(Cc1cc(F)cc(F)c1)c1ccnnc1. The topological polar surface area (TPSA) is 63.8 Å². The van der Waals surface area contributed by atoms with Gasteiger partial charge in [0.25, 0.3) is 0 Å². The minimum absolute atomic E-state index is 0.276. The molecule has 2 aromatic rings. The van der Waals surface area contributed by atoms with Crippen molar-refractivity contribution >= 4 is 0 Å². The zero-order chi connectivity index (χ0) is 13.0. The average Bonchev–Trinajstić information content (AvgIpc) is 2.36. The highest BCUT2D eigenvalue weighted by atomic mass is 19.1. The van der Waals surface area contributed by atoms with Crippen LogP contribution >= 0.6 is 0 Å². The molecule has 0 aliphatic rings. The third-order valence-corrected chi connectivity index (χ3v) is 2.57. The van der Waals surface area contributed by atoms with Crippen LogP contribution in [0, 0.1) is 11.6 Å². The molecule has 94 valence electrons. The van der Waals surface area contributed by atoms with Gasteiger partial charge in [-0.05, 0) is 35.7 Å². The second-order valence-corrected chi connectivity index (χ2v) is 3.88. The fourth-order valence-electron chi connectivity index (χ4n) is 1.74. The molecule has 0 saturated carbocycles. The molecule has 1 aromatic carbocycles. The second-order valence-electron chi connectivity index (χ2n) is 3.88. The molecular formula is C12H12F2N4. The third kappa shape index (κ3) is 3.06. The lowest BCUT2D eigenvalue weighted by molar-refractivity contribution is 0.538. The molecule has 0 radical (unpaired) electrons. The molecule has 0 spiro atoms. The molecule has 2 rings (SSSR count). The average molecular weight is 250 g/mol. The van der Waals surface area contributed by atoms with Crippen molar-refractivity contribution < 1.29 is 8.78 Å². The Labute approximate surface area is 103 Å². The van der Waals surface area contributed by atoms with Gasteiger partial charge in [-0.1, -0.05) is 0 Å². The van der Waals surface area contributed by atoms with Crippen molar-refractivity contribution in [3.63, 3.8) is 0 Å². The van der Waals surface area contributed by atoms with Gasteiger partial charge in [-0.15, -0.1) is 0 Å². The zero-order valence-corrected chi connectivity index (χ0v) is 9.48. The number of hydrazine groups is 1. The Hall–Kier alpha value is -1.92. The van der Waals surface area contributed by atoms with Gasteiger partial charge >= 0.3 is 0 Å². The highest BCUT2D eigenvalue weighted by molar-refractivity contribution is 5.22. The molecule has 1 atom stereocenters. The van der Waals surface area contributed by atoms with Crippen molar-refractivity contribution in [2.75, 3.05) is 0 Å². The Kier molecular flexibility index (Phi) is 3.91. The number of nitrogens with two attached hydrogens (primary N) is 1. The number of benzene rings is 1. The molecule has 4 nitrogen and oxygen atoms in total. The smallest absolute Gasteiger partial charge is 0.126 e. The summed E-state index contributed by atoms with van der Waals surface area (Å²) in [6.07, 6.45) is 3.45. The first-order valence-electron chi connectivity index (χ1n) is 5.36. The first-order chi connectivity index (χ1) is 8.69. The van der Waals surface area contributed by atoms with Crippen LogP contribution in [0.15, 0.2) is 36.7 Å². The standard InChI is InChI=1S/C12H12F2N4/c13-10-3-8(4-11(14)6-10)5-12(18-15)9-1-2-16-17-7-9/h1-4,6-7,12,18H,5,15H2. The molecule has 0 bridgehead atoms. The third-order valence-electron chi connectivity index (χ3n) is 2.57. The lowest BCUT2D eigenvalue weighted by Crippen LogP contribution is -2.29. The van der Waals surface area contributed by atoms with Crippen molar-refractivity contribution in [1.29, 1.82) is 0 Å². The molecule has 0 amide bonds. The van der Waals surface area contributed by atoms with Crippen LogP contribution in [-0.2, 0) is 6.42 Å². The van der Waals surface area contributed by atoms with Crippen molar-refractivity contribution in [3.05, 3.63) is 59.4 Å². The van der Waals surface area contributed by atoms with Gasteiger partial charge in [-0.2, -0.15) is 10.2 Å². The van der Waals surface area contributed by atoms with Crippen LogP contribution in [-0.4, -0.2) is 10.2 Å². The van der Waals surface area contributed by atoms with E-state index in [9.17, 15) is 8.78 Å². The molecule has 18 heavy (non-hydrogen) atoms. The van der Waals surface area contributed by atoms with E-state index >= 15 is 0 Å². The van der Waals surface area contributed by atoms with E-state index in [0.29, 0.717) is 12.0 Å². The van der Waals surface area contributed by atoms with Crippen LogP contribution in [0.3, 0.4) is 0 Å². The number of rotatable bonds is 4. The Morgan fingerprint density at radius 1 is 1.17 bits per heavy atom. The number of nitrogens with one attached hydrogen (secondary N) is 1. The number of nitrogens with zero attached hydrogens (tertiary/aromatic N) is 2. The summed E-state index contributed by atoms with van der Waals surface area (Å²) >= 11 is 0. The monoisotopic (exact) mass is 250 g/mol. The molecule has 0 fully saturated rings. The van der Waals surface area contributed by atoms with Crippen LogP contribution in [0.1, 0.15) is 17.2 Å². The molecule has 0 aliphatic carbocycles. The summed E-state index contributed by atoms with van der Waals surface area (Å²) in [4.78, 5) is 0. The van der Waals surface area contributed by atoms with E-state index in [1.807, 2.05) is 0 Å². The lowest BCUT2D eigenvalue weighted by Gasteiger charge is -2.15. The highest BCUT2D eigenvalue weighted by Crippen LogP contribution is 2.18. The molecule has 3 N–H and O–H groups in total. The Balaban J connectivity index is 2.20. The van der Waals surface area contributed by atoms with Gasteiger partial charge in [0.2, 0.25) is 0 Å². The van der Waals surface area contributed by atoms with Crippen molar-refractivity contribution in [3.8, 4) is 0 Å². The van der Waals surface area contributed by atoms with Crippen LogP contribution in [0.5, 0.6) is 0 Å². The van der Waals surface area contributed by atoms with Crippen molar-refractivity contribution in [2.24, 2.45) is 5.84 Å². The fourth-order valence-corrected chi connectivity index (χ4v) is 1.74. The largest absolute Gasteiger partial charge is 0.271 e. The Morgan fingerprint density at radius 2 is 1.89 bits per heavy atom. The maximum Gasteiger partial charge on any atom is 0.126 e. The number of aromatic nitrogens is 2. The van der Waals surface area contributed by atoms with E-state index in [4.69, 9.17) is 5.84 Å². The van der Waals surface area contributed by atoms with Gasteiger partial charge in [0.15, 0.2) is 0 Å². The van der Waals surface area contributed by atoms with Gasteiger partial charge in [0.05, 0.1) is 12.2 Å². The normalized spacial score (nSPS) is 12.4. The maximum atomic E-state index is 13.1. The van der Waals surface area contributed by atoms with Crippen molar-refractivity contribution in [1.82, 2.24) is 15.6 Å². The first-order valence-corrected chi connectivity index (χ1v) is 5.36. The molecule has 1 unspecified atom stereocenters. The van der Waals surface area contributed by atoms with E-state index in [-0.39, 0.29) is 6.04 Å². The second kappa shape index (κ2) is 5.61. The van der Waals surface area contributed by atoms with E-state index < -0.39 is 11.6 Å². The van der Waals surface area contributed by atoms with E-state index in [0.717, 1.165) is 11.6 Å². The highest BCUT2D eigenvalue weighted by Gasteiger charge is 2.12. The van der Waals surface area contributed by atoms with E-state index in [2.05, 4.69) is 15.6 Å². The summed E-state index contributed by atoms with van der Waals surface area (Å²) in [5.41, 5.74) is 3.92. The summed E-state index contributed by atoms with van der Waals surface area (Å²) in [6.45, 7) is 0. The number of hydrogen-bond donors (Lipinski definition) is 2. The van der Waals surface area contributed by atoms with Crippen LogP contribution in [0.25, 0.3) is 0 Å². The van der Waals surface area contributed by atoms with Gasteiger partial charge in [-0.3, -0.25) is 11.3 Å². The molecule has 1 aromatic heterocycles. The molecule has 6 heteroatoms. The maximum absolute atomic E-state index is 13.1. The number of halogens is 2. The predicted octanol–water partition coefficient (Wildman–Crippen LogP) is 1.50. The quantitative estimate of drug-likeness (QED) is 0.637. The van der Waals surface area contributed by atoms with Gasteiger partial charge in [-0.25, -0.2) is 8.78 Å². The van der Waals surface area contributed by atoms with Crippen molar-refractivity contribution in [2.45, 2.75) is 12.5 Å². The molecular weight excluding hydrogens is 238 g/mol. The molecule has 0 aliphatic heterocycles. The summed E-state index contributed by atoms with van der Waals surface area (Å²) in [5.74, 6) is 4.24. The Bertz CT molecular complexity index is 498. The van der Waals surface area contributed by atoms with E-state index in [1.165, 1.54) is 18.3 Å². The van der Waals surface area contributed by atoms with Gasteiger partial charge in [0.1, 0.15) is 11.6 Å². The van der Waals surface area contributed by atoms with Gasteiger partial charge in [0, 0.05) is 12.3 Å². The first kappa shape index (κ1) is 12.5. The van der Waals surface area contributed by atoms with Gasteiger partial charge < -0.3 is 0 Å². The summed E-state index contributed by atoms with van der Waals surface area (Å²) in [7, 11) is 0. The van der Waals surface area contributed by atoms with Crippen LogP contribution in [0.2, 0.25) is 0 Å². The summed E-state index contributed by atoms with van der Waals surface area (Å²) < 4.78 is 26.1. The summed E-state index contributed by atoms with van der Waals surface area (Å²) in [5, 5.41) is 7.40. The molecule has 0 saturated heterocycles. The van der Waals surface area contributed by atoms with Crippen LogP contribution in [0.4, 0.5) is 8.78 Å². The van der Waals surface area contributed by atoms with Crippen LogP contribution < -0.4 is 11.3 Å². The molecule has 1 heterocycles. The fraction of sp³-hybridized carbons (Fsp3) is 0.167. The van der Waals surface area contributed by atoms with E-state index in [1.54, 1.807) is 12.3 Å². The minimum Gasteiger partial charge on any atom is -0.271 e. The lowest BCUT2D eigenvalue weighted by atomic mass is 10.0. The number of hydrogen-bond acceptors (Lipinski definition) is 4. The zero-order valence-electron chi connectivity index (χ0n) is 9.48.